The average Bonchev–Trinajstić information content (AvgIpc) is 2.30. The smallest absolute Gasteiger partial charge is 0.326 e. The number of anilines is 1. The summed E-state index contributed by atoms with van der Waals surface area (Å²) in [6.07, 6.45) is 0.521. The number of hydrogen-bond donors (Lipinski definition) is 3. The van der Waals surface area contributed by atoms with Crippen LogP contribution < -0.4 is 11.1 Å². The Hall–Kier alpha value is -2.04. The van der Waals surface area contributed by atoms with E-state index in [1.165, 1.54) is 0 Å². The van der Waals surface area contributed by atoms with Crippen molar-refractivity contribution in [1.82, 2.24) is 5.32 Å². The van der Waals surface area contributed by atoms with E-state index in [0.29, 0.717) is 5.69 Å². The van der Waals surface area contributed by atoms with Gasteiger partial charge in [-0.15, -0.1) is 0 Å². The minimum atomic E-state index is -1.04. The van der Waals surface area contributed by atoms with Crippen LogP contribution in [0, 0.1) is 0 Å². The van der Waals surface area contributed by atoms with E-state index in [4.69, 9.17) is 10.8 Å². The molecule has 0 bridgehead atoms. The molecule has 5 nitrogen and oxygen atoms in total. The van der Waals surface area contributed by atoms with Crippen molar-refractivity contribution in [2.45, 2.75) is 25.8 Å². The zero-order chi connectivity index (χ0) is 12.8. The molecule has 0 aliphatic heterocycles. The highest BCUT2D eigenvalue weighted by Gasteiger charge is 2.19. The third-order valence-electron chi connectivity index (χ3n) is 2.37. The van der Waals surface area contributed by atoms with Crippen molar-refractivity contribution in [3.8, 4) is 0 Å². The normalized spacial score (nSPS) is 11.8. The Morgan fingerprint density at radius 2 is 1.94 bits per heavy atom. The lowest BCUT2D eigenvalue weighted by Crippen LogP contribution is -2.42. The van der Waals surface area contributed by atoms with Gasteiger partial charge < -0.3 is 16.2 Å². The highest BCUT2D eigenvalue weighted by Crippen LogP contribution is 2.08. The number of benzene rings is 1. The molecule has 0 radical (unpaired) electrons. The van der Waals surface area contributed by atoms with E-state index in [1.807, 2.05) is 0 Å². The Labute approximate surface area is 99.6 Å². The van der Waals surface area contributed by atoms with Crippen LogP contribution in [0.1, 0.15) is 18.9 Å². The fourth-order valence-corrected chi connectivity index (χ4v) is 1.39. The Morgan fingerprint density at radius 1 is 1.35 bits per heavy atom. The molecule has 0 saturated carbocycles. The molecular formula is C12H16N2O3. The molecule has 4 N–H and O–H groups in total. The van der Waals surface area contributed by atoms with Gasteiger partial charge in [0.1, 0.15) is 6.04 Å². The number of nitrogen functional groups attached to an aromatic ring is 1. The van der Waals surface area contributed by atoms with Gasteiger partial charge in [0.25, 0.3) is 0 Å². The molecule has 5 heteroatoms. The molecule has 0 saturated heterocycles. The maximum atomic E-state index is 11.2. The number of hydrogen-bond acceptors (Lipinski definition) is 3. The number of carbonyl (C=O) groups is 2. The van der Waals surface area contributed by atoms with Crippen LogP contribution in [0.3, 0.4) is 0 Å². The van der Waals surface area contributed by atoms with Crippen LogP contribution in [0.2, 0.25) is 0 Å². The largest absolute Gasteiger partial charge is 0.480 e. The fraction of sp³-hybridized carbons (Fsp3) is 0.333. The Morgan fingerprint density at radius 3 is 2.41 bits per heavy atom. The monoisotopic (exact) mass is 236 g/mol. The molecule has 92 valence electrons. The van der Waals surface area contributed by atoms with Gasteiger partial charge in [-0.3, -0.25) is 4.79 Å². The molecule has 0 fully saturated rings. The van der Waals surface area contributed by atoms with E-state index in [2.05, 4.69) is 5.32 Å². The number of carbonyl (C=O) groups excluding carboxylic acids is 1. The summed E-state index contributed by atoms with van der Waals surface area (Å²) >= 11 is 0. The van der Waals surface area contributed by atoms with Crippen molar-refractivity contribution in [3.63, 3.8) is 0 Å². The van der Waals surface area contributed by atoms with Crippen LogP contribution in [-0.4, -0.2) is 23.0 Å². The van der Waals surface area contributed by atoms with Crippen LogP contribution in [0.4, 0.5) is 5.69 Å². The van der Waals surface area contributed by atoms with Crippen LogP contribution in [-0.2, 0) is 16.0 Å². The first kappa shape index (κ1) is 13.0. The van der Waals surface area contributed by atoms with Gasteiger partial charge in [0.15, 0.2) is 0 Å². The molecular weight excluding hydrogens is 220 g/mol. The van der Waals surface area contributed by atoms with E-state index in [1.54, 1.807) is 31.2 Å². The van der Waals surface area contributed by atoms with Crippen molar-refractivity contribution in [2.24, 2.45) is 0 Å². The average molecular weight is 236 g/mol. The molecule has 1 atom stereocenters. The summed E-state index contributed by atoms with van der Waals surface area (Å²) in [5, 5.41) is 11.5. The van der Waals surface area contributed by atoms with Crippen molar-refractivity contribution in [3.05, 3.63) is 29.8 Å². The molecule has 0 heterocycles. The molecule has 0 aromatic heterocycles. The molecule has 1 unspecified atom stereocenters. The van der Waals surface area contributed by atoms with E-state index >= 15 is 0 Å². The van der Waals surface area contributed by atoms with Gasteiger partial charge >= 0.3 is 5.97 Å². The maximum absolute atomic E-state index is 11.2. The topological polar surface area (TPSA) is 92.4 Å². The van der Waals surface area contributed by atoms with Crippen LogP contribution in [0.25, 0.3) is 0 Å². The first-order valence-corrected chi connectivity index (χ1v) is 5.39. The van der Waals surface area contributed by atoms with Gasteiger partial charge in [-0.1, -0.05) is 19.1 Å². The van der Waals surface area contributed by atoms with Gasteiger partial charge in [-0.25, -0.2) is 4.79 Å². The molecule has 1 aromatic carbocycles. The Bertz CT molecular complexity index is 401. The minimum Gasteiger partial charge on any atom is -0.480 e. The lowest BCUT2D eigenvalue weighted by molar-refractivity contribution is -0.141. The molecule has 17 heavy (non-hydrogen) atoms. The maximum Gasteiger partial charge on any atom is 0.326 e. The summed E-state index contributed by atoms with van der Waals surface area (Å²) < 4.78 is 0. The van der Waals surface area contributed by atoms with Gasteiger partial charge in [-0.05, 0) is 17.7 Å². The molecule has 0 spiro atoms. The predicted molar refractivity (Wildman–Crippen MR) is 64.4 cm³/mol. The Balaban J connectivity index is 2.70. The van der Waals surface area contributed by atoms with Crippen molar-refractivity contribution in [2.75, 3.05) is 5.73 Å². The SMILES string of the molecule is CCC(=O)NC(Cc1ccc(N)cc1)C(=O)O. The molecule has 1 amide bonds. The predicted octanol–water partition coefficient (Wildman–Crippen LogP) is 0.791. The molecule has 0 aliphatic carbocycles. The van der Waals surface area contributed by atoms with Gasteiger partial charge in [0.05, 0.1) is 0 Å². The summed E-state index contributed by atoms with van der Waals surface area (Å²) in [6, 6.07) is 6.02. The van der Waals surface area contributed by atoms with Crippen LogP contribution >= 0.6 is 0 Å². The van der Waals surface area contributed by atoms with Gasteiger partial charge in [-0.2, -0.15) is 0 Å². The number of aliphatic carboxylic acids is 1. The number of carboxylic acid groups (broad SMARTS) is 1. The molecule has 1 rings (SSSR count). The summed E-state index contributed by atoms with van der Waals surface area (Å²) in [7, 11) is 0. The number of nitrogens with two attached hydrogens (primary N) is 1. The van der Waals surface area contributed by atoms with Gasteiger partial charge in [0.2, 0.25) is 5.91 Å². The second-order valence-corrected chi connectivity index (χ2v) is 3.76. The zero-order valence-corrected chi connectivity index (χ0v) is 9.64. The fourth-order valence-electron chi connectivity index (χ4n) is 1.39. The Kier molecular flexibility index (Phi) is 4.51. The lowest BCUT2D eigenvalue weighted by atomic mass is 10.1. The summed E-state index contributed by atoms with van der Waals surface area (Å²) in [5.74, 6) is -1.31. The van der Waals surface area contributed by atoms with Crippen LogP contribution in [0.5, 0.6) is 0 Å². The summed E-state index contributed by atoms with van der Waals surface area (Å²) in [4.78, 5) is 22.2. The first-order chi connectivity index (χ1) is 8.02. The third-order valence-corrected chi connectivity index (χ3v) is 2.37. The second-order valence-electron chi connectivity index (χ2n) is 3.76. The van der Waals surface area contributed by atoms with Crippen molar-refractivity contribution in [1.29, 1.82) is 0 Å². The first-order valence-electron chi connectivity index (χ1n) is 5.39. The number of nitrogens with one attached hydrogen (secondary N) is 1. The summed E-state index contributed by atoms with van der Waals surface area (Å²) in [5.41, 5.74) is 6.98. The van der Waals surface area contributed by atoms with E-state index in [-0.39, 0.29) is 18.7 Å². The highest BCUT2D eigenvalue weighted by atomic mass is 16.4. The van der Waals surface area contributed by atoms with E-state index in [9.17, 15) is 9.59 Å². The molecule has 0 aliphatic rings. The van der Waals surface area contributed by atoms with E-state index < -0.39 is 12.0 Å². The molecule has 1 aromatic rings. The third kappa shape index (κ3) is 4.14. The standard InChI is InChI=1S/C12H16N2O3/c1-2-11(15)14-10(12(16)17)7-8-3-5-9(13)6-4-8/h3-6,10H,2,7,13H2,1H3,(H,14,15)(H,16,17). The van der Waals surface area contributed by atoms with Crippen molar-refractivity contribution >= 4 is 17.6 Å². The van der Waals surface area contributed by atoms with Crippen molar-refractivity contribution < 1.29 is 14.7 Å². The zero-order valence-electron chi connectivity index (χ0n) is 9.64. The quantitative estimate of drug-likeness (QED) is 0.659. The van der Waals surface area contributed by atoms with E-state index in [0.717, 1.165) is 5.56 Å². The van der Waals surface area contributed by atoms with Gasteiger partial charge in [0, 0.05) is 18.5 Å². The second kappa shape index (κ2) is 5.89. The minimum absolute atomic E-state index is 0.251. The summed E-state index contributed by atoms with van der Waals surface area (Å²) in [6.45, 7) is 1.68. The highest BCUT2D eigenvalue weighted by molar-refractivity contribution is 5.83. The number of amides is 1. The number of carboxylic acids is 1. The number of rotatable bonds is 5. The van der Waals surface area contributed by atoms with Crippen LogP contribution in [0.15, 0.2) is 24.3 Å². The lowest BCUT2D eigenvalue weighted by Gasteiger charge is -2.14.